The predicted molar refractivity (Wildman–Crippen MR) is 59.8 cm³/mol. The van der Waals surface area contributed by atoms with Gasteiger partial charge >= 0.3 is 0 Å². The lowest BCUT2D eigenvalue weighted by atomic mass is 10.2. The van der Waals surface area contributed by atoms with Crippen LogP contribution in [-0.4, -0.2) is 48.5 Å². The number of H-pyrrole nitrogens is 1. The van der Waals surface area contributed by atoms with E-state index in [2.05, 4.69) is 15.0 Å². The maximum atomic E-state index is 11.5. The molecule has 3 rings (SSSR count). The first-order chi connectivity index (χ1) is 8.70. The Hall–Kier alpha value is -1.77. The molecule has 0 bridgehead atoms. The van der Waals surface area contributed by atoms with E-state index in [0.717, 1.165) is 0 Å². The Morgan fingerprint density at radius 1 is 1.56 bits per heavy atom. The molecule has 3 N–H and O–H groups in total. The molecule has 1 fully saturated rings. The predicted octanol–water partition coefficient (Wildman–Crippen LogP) is -1.24. The second-order valence-electron chi connectivity index (χ2n) is 4.19. The first kappa shape index (κ1) is 11.3. The molecule has 3 unspecified atom stereocenters. The summed E-state index contributed by atoms with van der Waals surface area (Å²) in [7, 11) is 0. The van der Waals surface area contributed by atoms with Crippen LogP contribution in [0, 0.1) is 0 Å². The van der Waals surface area contributed by atoms with Crippen LogP contribution in [0.5, 0.6) is 0 Å². The first-order valence-electron chi connectivity index (χ1n) is 5.55. The van der Waals surface area contributed by atoms with Gasteiger partial charge in [-0.1, -0.05) is 0 Å². The molecule has 2 aromatic rings. The van der Waals surface area contributed by atoms with Gasteiger partial charge in [0.05, 0.1) is 25.4 Å². The number of aliphatic hydroxyl groups is 2. The lowest BCUT2D eigenvalue weighted by Crippen LogP contribution is -2.19. The third-order valence-corrected chi connectivity index (χ3v) is 3.01. The minimum atomic E-state index is -0.763. The Morgan fingerprint density at radius 3 is 3.11 bits per heavy atom. The second-order valence-corrected chi connectivity index (χ2v) is 4.19. The molecule has 1 aliphatic heterocycles. The SMILES string of the molecule is O=c1[nH]cnc2c1ncn2C1OC(CO)CC1O. The summed E-state index contributed by atoms with van der Waals surface area (Å²) >= 11 is 0. The van der Waals surface area contributed by atoms with Crippen molar-refractivity contribution >= 4 is 11.2 Å². The maximum Gasteiger partial charge on any atom is 0.278 e. The van der Waals surface area contributed by atoms with E-state index in [4.69, 9.17) is 9.84 Å². The van der Waals surface area contributed by atoms with E-state index in [0.29, 0.717) is 12.1 Å². The lowest BCUT2D eigenvalue weighted by molar-refractivity contribution is -0.0486. The van der Waals surface area contributed by atoms with Crippen LogP contribution in [-0.2, 0) is 4.74 Å². The average molecular weight is 252 g/mol. The molecule has 0 amide bonds. The van der Waals surface area contributed by atoms with Crippen molar-refractivity contribution in [3.63, 3.8) is 0 Å². The van der Waals surface area contributed by atoms with Gasteiger partial charge in [0.1, 0.15) is 6.10 Å². The molecule has 8 nitrogen and oxygen atoms in total. The van der Waals surface area contributed by atoms with E-state index in [-0.39, 0.29) is 17.7 Å². The van der Waals surface area contributed by atoms with Crippen LogP contribution < -0.4 is 5.56 Å². The first-order valence-corrected chi connectivity index (χ1v) is 5.55. The zero-order chi connectivity index (χ0) is 12.7. The van der Waals surface area contributed by atoms with Crippen LogP contribution in [0.3, 0.4) is 0 Å². The van der Waals surface area contributed by atoms with Crippen molar-refractivity contribution in [1.29, 1.82) is 0 Å². The topological polar surface area (TPSA) is 113 Å². The number of fused-ring (bicyclic) bond motifs is 1. The largest absolute Gasteiger partial charge is 0.394 e. The number of nitrogens with one attached hydrogen (secondary N) is 1. The summed E-state index contributed by atoms with van der Waals surface area (Å²) in [4.78, 5) is 21.9. The number of hydrogen-bond donors (Lipinski definition) is 3. The number of aromatic amines is 1. The molecular formula is C10H12N4O4. The minimum Gasteiger partial charge on any atom is -0.394 e. The van der Waals surface area contributed by atoms with E-state index < -0.39 is 18.4 Å². The van der Waals surface area contributed by atoms with Gasteiger partial charge < -0.3 is 19.9 Å². The van der Waals surface area contributed by atoms with Gasteiger partial charge in [-0.05, 0) is 0 Å². The van der Waals surface area contributed by atoms with Gasteiger partial charge in [0.2, 0.25) is 0 Å². The van der Waals surface area contributed by atoms with Crippen LogP contribution in [0.25, 0.3) is 11.2 Å². The summed E-state index contributed by atoms with van der Waals surface area (Å²) in [6.07, 6.45) is 1.16. The van der Waals surface area contributed by atoms with Crippen LogP contribution in [0.15, 0.2) is 17.4 Å². The Bertz CT molecular complexity index is 622. The van der Waals surface area contributed by atoms with E-state index in [1.807, 2.05) is 0 Å². The van der Waals surface area contributed by atoms with E-state index in [1.165, 1.54) is 17.2 Å². The standard InChI is InChI=1S/C10H12N4O4/c15-2-5-1-6(16)10(18-5)14-4-13-7-8(14)11-3-12-9(7)17/h3-6,10,15-16H,1-2H2,(H,11,12,17). The molecule has 0 radical (unpaired) electrons. The highest BCUT2D eigenvalue weighted by atomic mass is 16.5. The Balaban J connectivity index is 2.05. The highest BCUT2D eigenvalue weighted by Crippen LogP contribution is 2.29. The van der Waals surface area contributed by atoms with Gasteiger partial charge in [0.25, 0.3) is 5.56 Å². The molecular weight excluding hydrogens is 240 g/mol. The van der Waals surface area contributed by atoms with E-state index >= 15 is 0 Å². The zero-order valence-electron chi connectivity index (χ0n) is 9.35. The smallest absolute Gasteiger partial charge is 0.278 e. The van der Waals surface area contributed by atoms with Crippen molar-refractivity contribution in [3.8, 4) is 0 Å². The Morgan fingerprint density at radius 2 is 2.39 bits per heavy atom. The van der Waals surface area contributed by atoms with Crippen LogP contribution in [0.4, 0.5) is 0 Å². The van der Waals surface area contributed by atoms with Crippen LogP contribution >= 0.6 is 0 Å². The average Bonchev–Trinajstić information content (AvgIpc) is 2.93. The molecule has 18 heavy (non-hydrogen) atoms. The molecule has 1 aliphatic rings. The van der Waals surface area contributed by atoms with Crippen molar-refractivity contribution in [3.05, 3.63) is 23.0 Å². The molecule has 2 aromatic heterocycles. The van der Waals surface area contributed by atoms with Crippen molar-refractivity contribution < 1.29 is 14.9 Å². The molecule has 0 aromatic carbocycles. The van der Waals surface area contributed by atoms with Crippen molar-refractivity contribution in [2.75, 3.05) is 6.61 Å². The Kier molecular flexibility index (Phi) is 2.62. The monoisotopic (exact) mass is 252 g/mol. The molecule has 0 saturated carbocycles. The van der Waals surface area contributed by atoms with Gasteiger partial charge in [0.15, 0.2) is 17.4 Å². The molecule has 3 atom stereocenters. The maximum absolute atomic E-state index is 11.5. The quantitative estimate of drug-likeness (QED) is 0.616. The van der Waals surface area contributed by atoms with Crippen molar-refractivity contribution in [1.82, 2.24) is 19.5 Å². The number of aromatic nitrogens is 4. The number of ether oxygens (including phenoxy) is 1. The number of aliphatic hydroxyl groups excluding tert-OH is 2. The number of imidazole rings is 1. The van der Waals surface area contributed by atoms with Gasteiger partial charge in [-0.15, -0.1) is 0 Å². The summed E-state index contributed by atoms with van der Waals surface area (Å²) < 4.78 is 6.99. The van der Waals surface area contributed by atoms with Gasteiger partial charge in [-0.25, -0.2) is 9.97 Å². The van der Waals surface area contributed by atoms with Gasteiger partial charge in [0, 0.05) is 6.42 Å². The molecule has 8 heteroatoms. The van der Waals surface area contributed by atoms with Crippen molar-refractivity contribution in [2.45, 2.75) is 24.9 Å². The van der Waals surface area contributed by atoms with Crippen molar-refractivity contribution in [2.24, 2.45) is 0 Å². The molecule has 96 valence electrons. The summed E-state index contributed by atoms with van der Waals surface area (Å²) in [6, 6.07) is 0. The molecule has 1 saturated heterocycles. The Labute approximate surface area is 101 Å². The normalized spacial score (nSPS) is 28.0. The minimum absolute atomic E-state index is 0.159. The van der Waals surface area contributed by atoms with E-state index in [9.17, 15) is 9.90 Å². The van der Waals surface area contributed by atoms with E-state index in [1.54, 1.807) is 0 Å². The second kappa shape index (κ2) is 4.16. The fourth-order valence-corrected chi connectivity index (χ4v) is 2.15. The zero-order valence-corrected chi connectivity index (χ0v) is 9.35. The number of hydrogen-bond acceptors (Lipinski definition) is 6. The molecule has 0 spiro atoms. The third-order valence-electron chi connectivity index (χ3n) is 3.01. The summed E-state index contributed by atoms with van der Waals surface area (Å²) in [6.45, 7) is -0.159. The highest BCUT2D eigenvalue weighted by Gasteiger charge is 2.35. The van der Waals surface area contributed by atoms with Crippen LogP contribution in [0.1, 0.15) is 12.6 Å². The fraction of sp³-hybridized carbons (Fsp3) is 0.500. The fourth-order valence-electron chi connectivity index (χ4n) is 2.15. The third kappa shape index (κ3) is 1.62. The number of rotatable bonds is 2. The highest BCUT2D eigenvalue weighted by molar-refractivity contribution is 5.68. The summed E-state index contributed by atoms with van der Waals surface area (Å²) in [5.74, 6) is 0. The molecule has 0 aliphatic carbocycles. The summed E-state index contributed by atoms with van der Waals surface area (Å²) in [5.41, 5.74) is 0.201. The van der Waals surface area contributed by atoms with Crippen LogP contribution in [0.2, 0.25) is 0 Å². The van der Waals surface area contributed by atoms with Gasteiger partial charge in [-0.2, -0.15) is 0 Å². The van der Waals surface area contributed by atoms with Gasteiger partial charge in [-0.3, -0.25) is 9.36 Å². The number of nitrogens with zero attached hydrogens (tertiary/aromatic N) is 3. The molecule has 3 heterocycles. The summed E-state index contributed by atoms with van der Waals surface area (Å²) in [5, 5.41) is 18.9. The lowest BCUT2D eigenvalue weighted by Gasteiger charge is -2.16.